The summed E-state index contributed by atoms with van der Waals surface area (Å²) in [5.41, 5.74) is 0.919. The minimum absolute atomic E-state index is 0.344. The standard InChI is InChI=1S/C15H25NO5/c1-18-10-11(17)5-6-16-9-13-14(20-3)7-12(19-2)8-15(13)21-4/h7-8,11,16-17H,5-6,9-10H2,1-4H3. The van der Waals surface area contributed by atoms with Crippen molar-refractivity contribution >= 4 is 0 Å². The first-order chi connectivity index (χ1) is 10.2. The number of benzene rings is 1. The lowest BCUT2D eigenvalue weighted by Crippen LogP contribution is -2.23. The highest BCUT2D eigenvalue weighted by atomic mass is 16.5. The number of hydrogen-bond donors (Lipinski definition) is 2. The number of ether oxygens (including phenoxy) is 4. The first-order valence-electron chi connectivity index (χ1n) is 6.82. The van der Waals surface area contributed by atoms with Crippen LogP contribution in [0.25, 0.3) is 0 Å². The number of aliphatic hydroxyl groups excluding tert-OH is 1. The summed E-state index contributed by atoms with van der Waals surface area (Å²) in [6.45, 7) is 1.59. The van der Waals surface area contributed by atoms with E-state index in [-0.39, 0.29) is 0 Å². The quantitative estimate of drug-likeness (QED) is 0.633. The molecule has 6 nitrogen and oxygen atoms in total. The summed E-state index contributed by atoms with van der Waals surface area (Å²) >= 11 is 0. The van der Waals surface area contributed by atoms with E-state index in [1.165, 1.54) is 0 Å². The number of methoxy groups -OCH3 is 4. The Morgan fingerprint density at radius 2 is 1.67 bits per heavy atom. The second-order valence-electron chi connectivity index (χ2n) is 4.59. The molecule has 6 heteroatoms. The molecule has 120 valence electrons. The molecule has 1 aromatic rings. The Labute approximate surface area is 126 Å². The van der Waals surface area contributed by atoms with Crippen LogP contribution < -0.4 is 19.5 Å². The number of nitrogens with one attached hydrogen (secondary N) is 1. The highest BCUT2D eigenvalue weighted by Gasteiger charge is 2.13. The van der Waals surface area contributed by atoms with E-state index >= 15 is 0 Å². The third-order valence-corrected chi connectivity index (χ3v) is 3.13. The lowest BCUT2D eigenvalue weighted by atomic mass is 10.1. The molecule has 0 aliphatic rings. The van der Waals surface area contributed by atoms with Gasteiger partial charge in [-0.1, -0.05) is 0 Å². The van der Waals surface area contributed by atoms with Crippen LogP contribution in [0.15, 0.2) is 12.1 Å². The normalized spacial score (nSPS) is 12.0. The van der Waals surface area contributed by atoms with Crippen LogP contribution in [0, 0.1) is 0 Å². The lowest BCUT2D eigenvalue weighted by Gasteiger charge is -2.16. The molecule has 2 N–H and O–H groups in total. The number of rotatable bonds is 10. The van der Waals surface area contributed by atoms with Crippen LogP contribution in [0.1, 0.15) is 12.0 Å². The van der Waals surface area contributed by atoms with E-state index in [0.717, 1.165) is 5.56 Å². The van der Waals surface area contributed by atoms with Gasteiger partial charge in [0.1, 0.15) is 17.2 Å². The van der Waals surface area contributed by atoms with E-state index in [9.17, 15) is 5.11 Å². The molecule has 0 aliphatic heterocycles. The molecule has 1 unspecified atom stereocenters. The van der Waals surface area contributed by atoms with Gasteiger partial charge in [0.2, 0.25) is 0 Å². The van der Waals surface area contributed by atoms with Gasteiger partial charge in [0.05, 0.1) is 39.6 Å². The summed E-state index contributed by atoms with van der Waals surface area (Å²) in [6, 6.07) is 3.64. The molecule has 0 saturated heterocycles. The SMILES string of the molecule is COCC(O)CCNCc1c(OC)cc(OC)cc1OC. The van der Waals surface area contributed by atoms with E-state index in [2.05, 4.69) is 5.32 Å². The molecule has 0 fully saturated rings. The van der Waals surface area contributed by atoms with Crippen LogP contribution in [0.3, 0.4) is 0 Å². The summed E-state index contributed by atoms with van der Waals surface area (Å²) in [6.07, 6.45) is 0.163. The Bertz CT molecular complexity index is 400. The second kappa shape index (κ2) is 9.44. The molecule has 1 rings (SSSR count). The van der Waals surface area contributed by atoms with E-state index in [1.807, 2.05) is 12.1 Å². The van der Waals surface area contributed by atoms with Crippen molar-refractivity contribution in [3.05, 3.63) is 17.7 Å². The Morgan fingerprint density at radius 1 is 1.05 bits per heavy atom. The lowest BCUT2D eigenvalue weighted by molar-refractivity contribution is 0.0594. The third kappa shape index (κ3) is 5.41. The van der Waals surface area contributed by atoms with Crippen molar-refractivity contribution in [3.63, 3.8) is 0 Å². The molecule has 0 heterocycles. The van der Waals surface area contributed by atoms with Crippen LogP contribution in [-0.4, -0.2) is 52.8 Å². The molecule has 0 aromatic heterocycles. The second-order valence-corrected chi connectivity index (χ2v) is 4.59. The van der Waals surface area contributed by atoms with Crippen molar-refractivity contribution in [3.8, 4) is 17.2 Å². The minimum Gasteiger partial charge on any atom is -0.496 e. The fourth-order valence-corrected chi connectivity index (χ4v) is 2.01. The fraction of sp³-hybridized carbons (Fsp3) is 0.600. The number of aliphatic hydroxyl groups is 1. The van der Waals surface area contributed by atoms with Gasteiger partial charge in [-0.2, -0.15) is 0 Å². The maximum atomic E-state index is 9.59. The molecule has 0 bridgehead atoms. The predicted molar refractivity (Wildman–Crippen MR) is 80.3 cm³/mol. The smallest absolute Gasteiger partial charge is 0.130 e. The zero-order chi connectivity index (χ0) is 15.7. The minimum atomic E-state index is -0.456. The summed E-state index contributed by atoms with van der Waals surface area (Å²) in [5.74, 6) is 2.09. The zero-order valence-electron chi connectivity index (χ0n) is 13.1. The summed E-state index contributed by atoms with van der Waals surface area (Å²) in [5, 5.41) is 12.8. The fourth-order valence-electron chi connectivity index (χ4n) is 2.01. The van der Waals surface area contributed by atoms with Crippen molar-refractivity contribution in [2.24, 2.45) is 0 Å². The highest BCUT2D eigenvalue weighted by molar-refractivity contribution is 5.50. The largest absolute Gasteiger partial charge is 0.496 e. The third-order valence-electron chi connectivity index (χ3n) is 3.13. The summed E-state index contributed by atoms with van der Waals surface area (Å²) < 4.78 is 20.9. The molecular formula is C15H25NO5. The topological polar surface area (TPSA) is 69.2 Å². The average Bonchev–Trinajstić information content (AvgIpc) is 2.51. The Balaban J connectivity index is 2.64. The maximum absolute atomic E-state index is 9.59. The Morgan fingerprint density at radius 3 is 2.14 bits per heavy atom. The molecule has 1 atom stereocenters. The molecule has 21 heavy (non-hydrogen) atoms. The van der Waals surface area contributed by atoms with Gasteiger partial charge in [-0.3, -0.25) is 0 Å². The monoisotopic (exact) mass is 299 g/mol. The van der Waals surface area contributed by atoms with Crippen molar-refractivity contribution in [2.45, 2.75) is 19.1 Å². The highest BCUT2D eigenvalue weighted by Crippen LogP contribution is 2.33. The average molecular weight is 299 g/mol. The van der Waals surface area contributed by atoms with E-state index < -0.39 is 6.10 Å². The van der Waals surface area contributed by atoms with Gasteiger partial charge >= 0.3 is 0 Å². The van der Waals surface area contributed by atoms with Gasteiger partial charge in [-0.25, -0.2) is 0 Å². The number of hydrogen-bond acceptors (Lipinski definition) is 6. The predicted octanol–water partition coefficient (Wildman–Crippen LogP) is 1.20. The molecule has 1 aromatic carbocycles. The molecular weight excluding hydrogens is 274 g/mol. The molecule has 0 amide bonds. The van der Waals surface area contributed by atoms with Crippen LogP contribution in [0.5, 0.6) is 17.2 Å². The summed E-state index contributed by atoms with van der Waals surface area (Å²) in [4.78, 5) is 0. The Hall–Kier alpha value is -1.50. The Kier molecular flexibility index (Phi) is 7.89. The molecule has 0 spiro atoms. The van der Waals surface area contributed by atoms with Gasteiger partial charge in [0.15, 0.2) is 0 Å². The first kappa shape index (κ1) is 17.6. The van der Waals surface area contributed by atoms with Gasteiger partial charge in [0.25, 0.3) is 0 Å². The van der Waals surface area contributed by atoms with Gasteiger partial charge in [0, 0.05) is 25.8 Å². The van der Waals surface area contributed by atoms with Crippen molar-refractivity contribution in [1.29, 1.82) is 0 Å². The molecule has 0 radical (unpaired) electrons. The van der Waals surface area contributed by atoms with Crippen molar-refractivity contribution in [2.75, 3.05) is 41.6 Å². The van der Waals surface area contributed by atoms with Crippen LogP contribution >= 0.6 is 0 Å². The van der Waals surface area contributed by atoms with Gasteiger partial charge < -0.3 is 29.4 Å². The van der Waals surface area contributed by atoms with Crippen molar-refractivity contribution < 1.29 is 24.1 Å². The van der Waals surface area contributed by atoms with E-state index in [4.69, 9.17) is 18.9 Å². The summed E-state index contributed by atoms with van der Waals surface area (Å²) in [7, 11) is 6.40. The van der Waals surface area contributed by atoms with Gasteiger partial charge in [-0.05, 0) is 13.0 Å². The van der Waals surface area contributed by atoms with Crippen molar-refractivity contribution in [1.82, 2.24) is 5.32 Å². The van der Waals surface area contributed by atoms with Gasteiger partial charge in [-0.15, -0.1) is 0 Å². The molecule has 0 aliphatic carbocycles. The van der Waals surface area contributed by atoms with Crippen LogP contribution in [0.2, 0.25) is 0 Å². The maximum Gasteiger partial charge on any atom is 0.130 e. The van der Waals surface area contributed by atoms with E-state index in [0.29, 0.717) is 43.4 Å². The first-order valence-corrected chi connectivity index (χ1v) is 6.82. The van der Waals surface area contributed by atoms with Crippen LogP contribution in [0.4, 0.5) is 0 Å². The van der Waals surface area contributed by atoms with Crippen LogP contribution in [-0.2, 0) is 11.3 Å². The zero-order valence-corrected chi connectivity index (χ0v) is 13.1. The van der Waals surface area contributed by atoms with E-state index in [1.54, 1.807) is 28.4 Å². The molecule has 0 saturated carbocycles.